The van der Waals surface area contributed by atoms with Crippen LogP contribution in [0.25, 0.3) is 11.1 Å². The highest BCUT2D eigenvalue weighted by atomic mass is 14.9. The summed E-state index contributed by atoms with van der Waals surface area (Å²) in [5.74, 6) is 0. The number of rotatable bonds is 2. The van der Waals surface area contributed by atoms with Crippen LogP contribution in [0.1, 0.15) is 11.1 Å². The van der Waals surface area contributed by atoms with Gasteiger partial charge in [0, 0.05) is 31.5 Å². The Morgan fingerprint density at radius 1 is 1.25 bits per heavy atom. The number of nitrogens with zero attached hydrogens (tertiary/aromatic N) is 2. The fourth-order valence-corrected chi connectivity index (χ4v) is 1.72. The molecule has 3 heteroatoms. The molecule has 2 aromatic rings. The Kier molecular flexibility index (Phi) is 2.76. The summed E-state index contributed by atoms with van der Waals surface area (Å²) in [4.78, 5) is 0. The highest BCUT2D eigenvalue weighted by Crippen LogP contribution is 2.24. The lowest BCUT2D eigenvalue weighted by Crippen LogP contribution is -1.95. The van der Waals surface area contributed by atoms with Crippen molar-refractivity contribution in [2.45, 2.75) is 6.54 Å². The zero-order valence-corrected chi connectivity index (χ0v) is 9.14. The van der Waals surface area contributed by atoms with Crippen LogP contribution in [0.4, 0.5) is 0 Å². The number of hydrogen-bond donors (Lipinski definition) is 1. The lowest BCUT2D eigenvalue weighted by atomic mass is 10.0. The average molecular weight is 211 g/mol. The fraction of sp³-hybridized carbons (Fsp3) is 0.154. The van der Waals surface area contributed by atoms with Crippen molar-refractivity contribution in [1.82, 2.24) is 4.57 Å². The standard InChI is InChI=1S/C13H13N3/c1-16-8-12(7-15)13(9-16)11-4-2-10(6-14)3-5-11/h2-5,8-9H,6,14H2,1H3. The van der Waals surface area contributed by atoms with Gasteiger partial charge in [0.2, 0.25) is 0 Å². The van der Waals surface area contributed by atoms with Gasteiger partial charge in [-0.3, -0.25) is 0 Å². The highest BCUT2D eigenvalue weighted by Gasteiger charge is 2.06. The highest BCUT2D eigenvalue weighted by molar-refractivity contribution is 5.70. The van der Waals surface area contributed by atoms with Gasteiger partial charge in [0.1, 0.15) is 6.07 Å². The third-order valence-electron chi connectivity index (χ3n) is 2.58. The van der Waals surface area contributed by atoms with Crippen molar-refractivity contribution >= 4 is 0 Å². The van der Waals surface area contributed by atoms with Crippen molar-refractivity contribution in [2.24, 2.45) is 12.8 Å². The lowest BCUT2D eigenvalue weighted by molar-refractivity contribution is 0.927. The molecule has 1 aromatic carbocycles. The molecule has 3 nitrogen and oxygen atoms in total. The summed E-state index contributed by atoms with van der Waals surface area (Å²) < 4.78 is 1.89. The first-order valence-electron chi connectivity index (χ1n) is 5.10. The van der Waals surface area contributed by atoms with Crippen molar-refractivity contribution in [1.29, 1.82) is 5.26 Å². The maximum Gasteiger partial charge on any atom is 0.101 e. The normalized spacial score (nSPS) is 10.1. The molecule has 0 aliphatic heterocycles. The van der Waals surface area contributed by atoms with Crippen LogP contribution in [0.5, 0.6) is 0 Å². The molecule has 2 N–H and O–H groups in total. The number of nitriles is 1. The van der Waals surface area contributed by atoms with E-state index in [-0.39, 0.29) is 0 Å². The van der Waals surface area contributed by atoms with Gasteiger partial charge < -0.3 is 10.3 Å². The maximum atomic E-state index is 9.01. The molecule has 0 fully saturated rings. The molecule has 0 aliphatic rings. The van der Waals surface area contributed by atoms with Crippen molar-refractivity contribution < 1.29 is 0 Å². The molecule has 0 unspecified atom stereocenters. The van der Waals surface area contributed by atoms with Crippen molar-refractivity contribution in [3.8, 4) is 17.2 Å². The predicted molar refractivity (Wildman–Crippen MR) is 63.5 cm³/mol. The Labute approximate surface area is 94.7 Å². The summed E-state index contributed by atoms with van der Waals surface area (Å²) in [6, 6.07) is 10.2. The Morgan fingerprint density at radius 3 is 2.50 bits per heavy atom. The summed E-state index contributed by atoms with van der Waals surface area (Å²) in [6.45, 7) is 0.542. The minimum Gasteiger partial charge on any atom is -0.355 e. The number of hydrogen-bond acceptors (Lipinski definition) is 2. The van der Waals surface area contributed by atoms with Crippen LogP contribution < -0.4 is 5.73 Å². The molecule has 0 atom stereocenters. The lowest BCUT2D eigenvalue weighted by Gasteiger charge is -2.01. The number of benzene rings is 1. The third kappa shape index (κ3) is 1.83. The van der Waals surface area contributed by atoms with Gasteiger partial charge >= 0.3 is 0 Å². The molecule has 0 saturated heterocycles. The van der Waals surface area contributed by atoms with Gasteiger partial charge in [0.15, 0.2) is 0 Å². The van der Waals surface area contributed by atoms with Crippen molar-refractivity contribution in [3.63, 3.8) is 0 Å². The summed E-state index contributed by atoms with van der Waals surface area (Å²) in [7, 11) is 1.92. The van der Waals surface area contributed by atoms with Gasteiger partial charge in [-0.15, -0.1) is 0 Å². The average Bonchev–Trinajstić information content (AvgIpc) is 2.70. The molecule has 16 heavy (non-hydrogen) atoms. The van der Waals surface area contributed by atoms with E-state index in [1.54, 1.807) is 0 Å². The molecule has 1 aromatic heterocycles. The first kappa shape index (κ1) is 10.5. The van der Waals surface area contributed by atoms with E-state index in [2.05, 4.69) is 6.07 Å². The van der Waals surface area contributed by atoms with Gasteiger partial charge in [0.05, 0.1) is 5.56 Å². The zero-order valence-electron chi connectivity index (χ0n) is 9.14. The molecule has 0 saturated carbocycles. The second-order valence-electron chi connectivity index (χ2n) is 3.76. The summed E-state index contributed by atoms with van der Waals surface area (Å²) in [5.41, 5.74) is 9.35. The Bertz CT molecular complexity index is 529. The minimum atomic E-state index is 0.542. The molecule has 80 valence electrons. The van der Waals surface area contributed by atoms with Crippen LogP contribution >= 0.6 is 0 Å². The number of aryl methyl sites for hydroxylation is 1. The maximum absolute atomic E-state index is 9.01. The van der Waals surface area contributed by atoms with E-state index >= 15 is 0 Å². The Balaban J connectivity index is 2.46. The number of aromatic nitrogens is 1. The first-order valence-corrected chi connectivity index (χ1v) is 5.10. The largest absolute Gasteiger partial charge is 0.355 e. The molecule has 0 bridgehead atoms. The topological polar surface area (TPSA) is 54.7 Å². The Hall–Kier alpha value is -2.05. The van der Waals surface area contributed by atoms with E-state index in [0.717, 1.165) is 16.7 Å². The summed E-state index contributed by atoms with van der Waals surface area (Å²) >= 11 is 0. The van der Waals surface area contributed by atoms with E-state index in [1.807, 2.05) is 48.3 Å². The summed E-state index contributed by atoms with van der Waals surface area (Å²) in [6.07, 6.45) is 3.78. The predicted octanol–water partition coefficient (Wildman–Crippen LogP) is 2.02. The van der Waals surface area contributed by atoms with Crippen LogP contribution in [-0.2, 0) is 13.6 Å². The van der Waals surface area contributed by atoms with Crippen molar-refractivity contribution in [2.75, 3.05) is 0 Å². The molecule has 2 rings (SSSR count). The van der Waals surface area contributed by atoms with Gasteiger partial charge in [-0.1, -0.05) is 24.3 Å². The van der Waals surface area contributed by atoms with Crippen LogP contribution in [0.3, 0.4) is 0 Å². The van der Waals surface area contributed by atoms with Gasteiger partial charge in [0.25, 0.3) is 0 Å². The third-order valence-corrected chi connectivity index (χ3v) is 2.58. The van der Waals surface area contributed by atoms with Crippen molar-refractivity contribution in [3.05, 3.63) is 47.8 Å². The van der Waals surface area contributed by atoms with Gasteiger partial charge in [-0.25, -0.2) is 0 Å². The van der Waals surface area contributed by atoms with Gasteiger partial charge in [-0.2, -0.15) is 5.26 Å². The second-order valence-corrected chi connectivity index (χ2v) is 3.76. The zero-order chi connectivity index (χ0) is 11.5. The molecule has 0 spiro atoms. The van der Waals surface area contributed by atoms with E-state index in [4.69, 9.17) is 11.0 Å². The smallest absolute Gasteiger partial charge is 0.101 e. The molecular weight excluding hydrogens is 198 g/mol. The van der Waals surface area contributed by atoms with E-state index < -0.39 is 0 Å². The van der Waals surface area contributed by atoms with Crippen LogP contribution in [0.15, 0.2) is 36.7 Å². The Morgan fingerprint density at radius 2 is 1.94 bits per heavy atom. The monoisotopic (exact) mass is 211 g/mol. The minimum absolute atomic E-state index is 0.542. The fourth-order valence-electron chi connectivity index (χ4n) is 1.72. The van der Waals surface area contributed by atoms with Crippen LogP contribution in [-0.4, -0.2) is 4.57 Å². The molecule has 0 amide bonds. The molecule has 0 radical (unpaired) electrons. The molecule has 0 aliphatic carbocycles. The van der Waals surface area contributed by atoms with Crippen LogP contribution in [0, 0.1) is 11.3 Å². The SMILES string of the molecule is Cn1cc(C#N)c(-c2ccc(CN)cc2)c1. The summed E-state index contributed by atoms with van der Waals surface area (Å²) in [5, 5.41) is 9.01. The first-order chi connectivity index (χ1) is 7.74. The van der Waals surface area contributed by atoms with E-state index in [1.165, 1.54) is 0 Å². The quantitative estimate of drug-likeness (QED) is 0.826. The van der Waals surface area contributed by atoms with E-state index in [0.29, 0.717) is 12.1 Å². The number of nitrogens with two attached hydrogens (primary N) is 1. The molecular formula is C13H13N3. The molecule has 1 heterocycles. The van der Waals surface area contributed by atoms with Crippen LogP contribution in [0.2, 0.25) is 0 Å². The van der Waals surface area contributed by atoms with Gasteiger partial charge in [-0.05, 0) is 11.1 Å². The second kappa shape index (κ2) is 4.21. The van der Waals surface area contributed by atoms with E-state index in [9.17, 15) is 0 Å².